The molecule has 0 amide bonds. The second-order valence-electron chi connectivity index (χ2n) is 4.17. The highest BCUT2D eigenvalue weighted by molar-refractivity contribution is 9.10. The van der Waals surface area contributed by atoms with E-state index in [0.29, 0.717) is 11.3 Å². The maximum Gasteiger partial charge on any atom is 0.147 e. The summed E-state index contributed by atoms with van der Waals surface area (Å²) in [4.78, 5) is 12.9. The molecule has 0 saturated heterocycles. The lowest BCUT2D eigenvalue weighted by molar-refractivity contribution is -0.116. The van der Waals surface area contributed by atoms with Gasteiger partial charge in [0.1, 0.15) is 11.6 Å². The van der Waals surface area contributed by atoms with E-state index in [1.54, 1.807) is 12.1 Å². The molecule has 0 unspecified atom stereocenters. The van der Waals surface area contributed by atoms with Gasteiger partial charge < -0.3 is 0 Å². The molecule has 0 aliphatic carbocycles. The van der Waals surface area contributed by atoms with Crippen molar-refractivity contribution in [1.82, 2.24) is 0 Å². The number of halogens is 3. The van der Waals surface area contributed by atoms with Gasteiger partial charge in [-0.25, -0.2) is 4.39 Å². The molecule has 2 aromatic rings. The third-order valence-electron chi connectivity index (χ3n) is 2.62. The van der Waals surface area contributed by atoms with Gasteiger partial charge in [-0.05, 0) is 29.8 Å². The van der Waals surface area contributed by atoms with Crippen LogP contribution in [0.25, 0.3) is 0 Å². The molecule has 0 fully saturated rings. The molecule has 0 saturated carbocycles. The number of hydrogen-bond acceptors (Lipinski definition) is 2. The summed E-state index contributed by atoms with van der Waals surface area (Å²) < 4.78 is 14.6. The first-order chi connectivity index (χ1) is 9.56. The van der Waals surface area contributed by atoms with Crippen LogP contribution in [0.5, 0.6) is 0 Å². The van der Waals surface area contributed by atoms with Crippen LogP contribution in [0.1, 0.15) is 5.56 Å². The maximum atomic E-state index is 13.7. The first-order valence-corrected chi connectivity index (χ1v) is 8.05. The molecule has 2 aromatic carbocycles. The van der Waals surface area contributed by atoms with Gasteiger partial charge in [0.05, 0.1) is 10.8 Å². The number of hydrogen-bond donors (Lipinski definition) is 0. The SMILES string of the molecule is O=C(CSc1cccc(Br)c1)Cc1cccc(Cl)c1F. The summed E-state index contributed by atoms with van der Waals surface area (Å²) in [5.74, 6) is -0.228. The monoisotopic (exact) mass is 372 g/mol. The first-order valence-electron chi connectivity index (χ1n) is 5.89. The summed E-state index contributed by atoms with van der Waals surface area (Å²) in [6, 6.07) is 12.4. The van der Waals surface area contributed by atoms with Gasteiger partial charge in [-0.3, -0.25) is 4.79 Å². The molecule has 1 nitrogen and oxygen atoms in total. The standard InChI is InChI=1S/C15H11BrClFOS/c16-11-4-2-5-13(8-11)20-9-12(19)7-10-3-1-6-14(17)15(10)18/h1-6,8H,7,9H2. The van der Waals surface area contributed by atoms with Crippen LogP contribution in [0.15, 0.2) is 51.8 Å². The van der Waals surface area contributed by atoms with Crippen molar-refractivity contribution in [3.8, 4) is 0 Å². The fourth-order valence-electron chi connectivity index (χ4n) is 1.67. The zero-order valence-corrected chi connectivity index (χ0v) is 13.6. The highest BCUT2D eigenvalue weighted by Crippen LogP contribution is 2.23. The molecule has 5 heteroatoms. The zero-order chi connectivity index (χ0) is 14.5. The maximum absolute atomic E-state index is 13.7. The fourth-order valence-corrected chi connectivity index (χ4v) is 3.23. The fraction of sp³-hybridized carbons (Fsp3) is 0.133. The second-order valence-corrected chi connectivity index (χ2v) is 6.55. The molecular weight excluding hydrogens is 363 g/mol. The molecule has 0 radical (unpaired) electrons. The average molecular weight is 374 g/mol. The van der Waals surface area contributed by atoms with Crippen molar-refractivity contribution in [3.05, 3.63) is 63.3 Å². The number of carbonyl (C=O) groups excluding carboxylic acids is 1. The number of Topliss-reactive ketones (excluding diaryl/α,β-unsaturated/α-hetero) is 1. The Labute approximate surface area is 134 Å². The van der Waals surface area contributed by atoms with Gasteiger partial charge in [0.2, 0.25) is 0 Å². The third-order valence-corrected chi connectivity index (χ3v) is 4.45. The Bertz CT molecular complexity index is 633. The number of thioether (sulfide) groups is 1. The molecule has 104 valence electrons. The molecule has 0 heterocycles. The topological polar surface area (TPSA) is 17.1 Å². The Balaban J connectivity index is 1.94. The predicted molar refractivity (Wildman–Crippen MR) is 85.0 cm³/mol. The largest absolute Gasteiger partial charge is 0.298 e. The minimum absolute atomic E-state index is 0.0313. The van der Waals surface area contributed by atoms with E-state index in [4.69, 9.17) is 11.6 Å². The van der Waals surface area contributed by atoms with E-state index in [-0.39, 0.29) is 17.2 Å². The van der Waals surface area contributed by atoms with Gasteiger partial charge in [0.15, 0.2) is 0 Å². The van der Waals surface area contributed by atoms with E-state index in [2.05, 4.69) is 15.9 Å². The van der Waals surface area contributed by atoms with Gasteiger partial charge in [0, 0.05) is 15.8 Å². The Morgan fingerprint density at radius 3 is 2.75 bits per heavy atom. The molecule has 0 bridgehead atoms. The smallest absolute Gasteiger partial charge is 0.147 e. The summed E-state index contributed by atoms with van der Waals surface area (Å²) in [5, 5.41) is 0.0509. The van der Waals surface area contributed by atoms with Gasteiger partial charge in [-0.15, -0.1) is 11.8 Å². The lowest BCUT2D eigenvalue weighted by atomic mass is 10.1. The van der Waals surface area contributed by atoms with Crippen LogP contribution in [0.3, 0.4) is 0 Å². The highest BCUT2D eigenvalue weighted by atomic mass is 79.9. The van der Waals surface area contributed by atoms with Crippen molar-refractivity contribution in [3.63, 3.8) is 0 Å². The van der Waals surface area contributed by atoms with Crippen molar-refractivity contribution >= 4 is 45.1 Å². The minimum Gasteiger partial charge on any atom is -0.298 e. The molecule has 0 atom stereocenters. The Kier molecular flexibility index (Phi) is 5.64. The van der Waals surface area contributed by atoms with E-state index in [9.17, 15) is 9.18 Å². The van der Waals surface area contributed by atoms with Crippen molar-refractivity contribution in [2.75, 3.05) is 5.75 Å². The van der Waals surface area contributed by atoms with E-state index in [1.165, 1.54) is 17.8 Å². The number of rotatable bonds is 5. The molecule has 2 rings (SSSR count). The molecule has 0 aromatic heterocycles. The predicted octanol–water partition coefficient (Wildman–Crippen LogP) is 5.15. The summed E-state index contributed by atoms with van der Waals surface area (Å²) in [5.41, 5.74) is 0.345. The van der Waals surface area contributed by atoms with Crippen LogP contribution in [-0.4, -0.2) is 11.5 Å². The van der Waals surface area contributed by atoms with E-state index < -0.39 is 5.82 Å². The quantitative estimate of drug-likeness (QED) is 0.675. The van der Waals surface area contributed by atoms with Crippen LogP contribution in [0.2, 0.25) is 5.02 Å². The van der Waals surface area contributed by atoms with Crippen LogP contribution < -0.4 is 0 Å². The van der Waals surface area contributed by atoms with Crippen LogP contribution >= 0.6 is 39.3 Å². The van der Waals surface area contributed by atoms with E-state index >= 15 is 0 Å². The van der Waals surface area contributed by atoms with Gasteiger partial charge in [-0.2, -0.15) is 0 Å². The van der Waals surface area contributed by atoms with Crippen LogP contribution in [-0.2, 0) is 11.2 Å². The molecule has 0 spiro atoms. The van der Waals surface area contributed by atoms with Gasteiger partial charge >= 0.3 is 0 Å². The Hall–Kier alpha value is -0.840. The average Bonchev–Trinajstić information content (AvgIpc) is 2.42. The summed E-state index contributed by atoms with van der Waals surface area (Å²) in [6.45, 7) is 0. The first kappa shape index (κ1) is 15.5. The lowest BCUT2D eigenvalue weighted by Crippen LogP contribution is -2.07. The van der Waals surface area contributed by atoms with Gasteiger partial charge in [0.25, 0.3) is 0 Å². The second kappa shape index (κ2) is 7.25. The zero-order valence-electron chi connectivity index (χ0n) is 10.4. The van der Waals surface area contributed by atoms with Crippen LogP contribution in [0, 0.1) is 5.82 Å². The summed E-state index contributed by atoms with van der Waals surface area (Å²) >= 11 is 10.5. The molecule has 0 N–H and O–H groups in total. The van der Waals surface area contributed by atoms with Gasteiger partial charge in [-0.1, -0.05) is 45.7 Å². The molecule has 20 heavy (non-hydrogen) atoms. The normalized spacial score (nSPS) is 10.6. The number of benzene rings is 2. The van der Waals surface area contributed by atoms with Crippen LogP contribution in [0.4, 0.5) is 4.39 Å². The molecule has 0 aliphatic heterocycles. The van der Waals surface area contributed by atoms with Crippen molar-refractivity contribution in [2.24, 2.45) is 0 Å². The summed E-state index contributed by atoms with van der Waals surface area (Å²) in [7, 11) is 0. The lowest BCUT2D eigenvalue weighted by Gasteiger charge is -2.04. The van der Waals surface area contributed by atoms with Crippen molar-refractivity contribution in [1.29, 1.82) is 0 Å². The highest BCUT2D eigenvalue weighted by Gasteiger charge is 2.11. The van der Waals surface area contributed by atoms with Crippen molar-refractivity contribution < 1.29 is 9.18 Å². The van der Waals surface area contributed by atoms with E-state index in [1.807, 2.05) is 24.3 Å². The Morgan fingerprint density at radius 2 is 2.00 bits per heavy atom. The molecular formula is C15H11BrClFOS. The van der Waals surface area contributed by atoms with E-state index in [0.717, 1.165) is 9.37 Å². The van der Waals surface area contributed by atoms with Crippen molar-refractivity contribution in [2.45, 2.75) is 11.3 Å². The number of ketones is 1. The number of carbonyl (C=O) groups is 1. The third kappa shape index (κ3) is 4.33. The minimum atomic E-state index is -0.505. The Morgan fingerprint density at radius 1 is 1.25 bits per heavy atom. The molecule has 0 aliphatic rings. The summed E-state index contributed by atoms with van der Waals surface area (Å²) in [6.07, 6.45) is 0.0629.